The zero-order valence-corrected chi connectivity index (χ0v) is 14.5. The van der Waals surface area contributed by atoms with Gasteiger partial charge in [-0.3, -0.25) is 4.79 Å². The number of rotatable bonds is 3. The molecule has 2 aliphatic rings. The Morgan fingerprint density at radius 3 is 2.91 bits per heavy atom. The molecule has 1 heterocycles. The topological polar surface area (TPSA) is 64.4 Å². The maximum atomic E-state index is 12.5. The molecule has 0 bridgehead atoms. The molecule has 5 heteroatoms. The molecule has 0 radical (unpaired) electrons. The van der Waals surface area contributed by atoms with Crippen molar-refractivity contribution in [2.75, 3.05) is 13.2 Å². The number of nitrogens with one attached hydrogen (secondary N) is 1. The maximum absolute atomic E-state index is 12.5. The molecule has 1 aromatic carbocycles. The first kappa shape index (κ1) is 18.1. The van der Waals surface area contributed by atoms with E-state index in [1.54, 1.807) is 0 Å². The van der Waals surface area contributed by atoms with Crippen molar-refractivity contribution < 1.29 is 9.53 Å². The molecule has 3 atom stereocenters. The lowest BCUT2D eigenvalue weighted by Crippen LogP contribution is -2.53. The van der Waals surface area contributed by atoms with Crippen LogP contribution in [0.25, 0.3) is 0 Å². The highest BCUT2D eigenvalue weighted by Gasteiger charge is 2.37. The van der Waals surface area contributed by atoms with E-state index in [2.05, 4.69) is 11.4 Å². The van der Waals surface area contributed by atoms with Gasteiger partial charge in [-0.1, -0.05) is 31.0 Å². The monoisotopic (exact) mass is 338 g/mol. The Balaban J connectivity index is 0.00000192. The minimum atomic E-state index is -0.365. The fourth-order valence-corrected chi connectivity index (χ4v) is 3.76. The van der Waals surface area contributed by atoms with Crippen molar-refractivity contribution in [2.24, 2.45) is 11.7 Å². The van der Waals surface area contributed by atoms with Crippen molar-refractivity contribution in [1.29, 1.82) is 0 Å². The van der Waals surface area contributed by atoms with Gasteiger partial charge in [0.1, 0.15) is 5.75 Å². The number of carbonyl (C=O) groups excluding carboxylic acids is 1. The number of hydrogen-bond acceptors (Lipinski definition) is 3. The SMILES string of the molecule is CC1(N)CCCCC1C(=O)NCC1CCOc2ccccc21.Cl. The van der Waals surface area contributed by atoms with Crippen LogP contribution >= 0.6 is 12.4 Å². The molecule has 0 spiro atoms. The number of ether oxygens (including phenoxy) is 1. The van der Waals surface area contributed by atoms with Gasteiger partial charge in [0.25, 0.3) is 0 Å². The van der Waals surface area contributed by atoms with E-state index in [4.69, 9.17) is 10.5 Å². The van der Waals surface area contributed by atoms with Crippen LogP contribution in [0.4, 0.5) is 0 Å². The summed E-state index contributed by atoms with van der Waals surface area (Å²) in [4.78, 5) is 12.5. The van der Waals surface area contributed by atoms with Gasteiger partial charge < -0.3 is 15.8 Å². The summed E-state index contributed by atoms with van der Waals surface area (Å²) < 4.78 is 5.68. The average molecular weight is 339 g/mol. The number of halogens is 1. The molecule has 0 saturated heterocycles. The van der Waals surface area contributed by atoms with Crippen molar-refractivity contribution in [3.8, 4) is 5.75 Å². The van der Waals surface area contributed by atoms with Crippen molar-refractivity contribution in [2.45, 2.75) is 50.5 Å². The Labute approximate surface area is 144 Å². The Bertz CT molecular complexity index is 548. The highest BCUT2D eigenvalue weighted by molar-refractivity contribution is 5.85. The van der Waals surface area contributed by atoms with Crippen LogP contribution in [-0.4, -0.2) is 24.6 Å². The van der Waals surface area contributed by atoms with E-state index < -0.39 is 0 Å². The molecule has 1 saturated carbocycles. The highest BCUT2D eigenvalue weighted by Crippen LogP contribution is 2.34. The Morgan fingerprint density at radius 2 is 2.13 bits per heavy atom. The summed E-state index contributed by atoms with van der Waals surface area (Å²) in [6.45, 7) is 3.40. The van der Waals surface area contributed by atoms with Crippen LogP contribution in [-0.2, 0) is 4.79 Å². The largest absolute Gasteiger partial charge is 0.493 e. The minimum Gasteiger partial charge on any atom is -0.493 e. The summed E-state index contributed by atoms with van der Waals surface area (Å²) in [5, 5.41) is 3.14. The number of amides is 1. The van der Waals surface area contributed by atoms with Crippen LogP contribution in [0.1, 0.15) is 50.5 Å². The Kier molecular flexibility index (Phi) is 5.93. The average Bonchev–Trinajstić information content (AvgIpc) is 2.52. The van der Waals surface area contributed by atoms with E-state index in [9.17, 15) is 4.79 Å². The van der Waals surface area contributed by atoms with Gasteiger partial charge in [0.15, 0.2) is 0 Å². The van der Waals surface area contributed by atoms with Gasteiger partial charge in [-0.25, -0.2) is 0 Å². The Hall–Kier alpha value is -1.26. The van der Waals surface area contributed by atoms with Crippen LogP contribution < -0.4 is 15.8 Å². The van der Waals surface area contributed by atoms with Crippen LogP contribution in [0, 0.1) is 5.92 Å². The first-order valence-corrected chi connectivity index (χ1v) is 8.36. The van der Waals surface area contributed by atoms with Gasteiger partial charge in [0.2, 0.25) is 5.91 Å². The fourth-order valence-electron chi connectivity index (χ4n) is 3.76. The zero-order chi connectivity index (χ0) is 15.6. The lowest BCUT2D eigenvalue weighted by molar-refractivity contribution is -0.128. The lowest BCUT2D eigenvalue weighted by atomic mass is 9.74. The van der Waals surface area contributed by atoms with Crippen LogP contribution in [0.5, 0.6) is 5.75 Å². The molecule has 0 aromatic heterocycles. The van der Waals surface area contributed by atoms with Crippen LogP contribution in [0.15, 0.2) is 24.3 Å². The predicted molar refractivity (Wildman–Crippen MR) is 94.1 cm³/mol. The minimum absolute atomic E-state index is 0. The summed E-state index contributed by atoms with van der Waals surface area (Å²) in [5.74, 6) is 1.35. The molecule has 3 N–H and O–H groups in total. The van der Waals surface area contributed by atoms with E-state index in [0.29, 0.717) is 12.5 Å². The van der Waals surface area contributed by atoms with E-state index in [1.807, 2.05) is 25.1 Å². The van der Waals surface area contributed by atoms with Gasteiger partial charge in [0, 0.05) is 18.0 Å². The van der Waals surface area contributed by atoms with Gasteiger partial charge in [-0.2, -0.15) is 0 Å². The first-order valence-electron chi connectivity index (χ1n) is 8.36. The molecule has 1 fully saturated rings. The van der Waals surface area contributed by atoms with Crippen LogP contribution in [0.2, 0.25) is 0 Å². The number of nitrogens with two attached hydrogens (primary N) is 1. The highest BCUT2D eigenvalue weighted by atomic mass is 35.5. The molecule has 23 heavy (non-hydrogen) atoms. The number of carbonyl (C=O) groups is 1. The number of fused-ring (bicyclic) bond motifs is 1. The second-order valence-corrected chi connectivity index (χ2v) is 6.92. The third kappa shape index (κ3) is 3.99. The molecule has 128 valence electrons. The standard InChI is InChI=1S/C18H26N2O2.ClH/c1-18(19)10-5-4-7-15(18)17(21)20-12-13-9-11-22-16-8-3-2-6-14(13)16;/h2-3,6,8,13,15H,4-5,7,9-12,19H2,1H3,(H,20,21);1H. The maximum Gasteiger partial charge on any atom is 0.224 e. The quantitative estimate of drug-likeness (QED) is 0.890. The smallest absolute Gasteiger partial charge is 0.224 e. The summed E-state index contributed by atoms with van der Waals surface area (Å²) in [7, 11) is 0. The first-order chi connectivity index (χ1) is 10.6. The summed E-state index contributed by atoms with van der Waals surface area (Å²) in [6.07, 6.45) is 5.02. The molecule has 3 unspecified atom stereocenters. The lowest BCUT2D eigenvalue weighted by Gasteiger charge is -2.37. The summed E-state index contributed by atoms with van der Waals surface area (Å²) >= 11 is 0. The van der Waals surface area contributed by atoms with Crippen molar-refractivity contribution in [3.05, 3.63) is 29.8 Å². The molecule has 3 rings (SSSR count). The summed E-state index contributed by atoms with van der Waals surface area (Å²) in [5.41, 5.74) is 7.16. The van der Waals surface area contributed by atoms with Crippen molar-refractivity contribution in [1.82, 2.24) is 5.32 Å². The molecule has 4 nitrogen and oxygen atoms in total. The molecular formula is C18H27ClN2O2. The molecular weight excluding hydrogens is 312 g/mol. The zero-order valence-electron chi connectivity index (χ0n) is 13.7. The molecule has 1 aliphatic heterocycles. The van der Waals surface area contributed by atoms with Gasteiger partial charge in [-0.05, 0) is 37.8 Å². The molecule has 1 amide bonds. The molecule has 1 aromatic rings. The van der Waals surface area contributed by atoms with E-state index >= 15 is 0 Å². The van der Waals surface area contributed by atoms with Crippen molar-refractivity contribution in [3.63, 3.8) is 0 Å². The van der Waals surface area contributed by atoms with E-state index in [0.717, 1.165) is 44.5 Å². The van der Waals surface area contributed by atoms with Gasteiger partial charge >= 0.3 is 0 Å². The third-order valence-corrected chi connectivity index (χ3v) is 5.18. The normalized spacial score (nSPS) is 29.7. The van der Waals surface area contributed by atoms with E-state index in [1.165, 1.54) is 5.56 Å². The van der Waals surface area contributed by atoms with E-state index in [-0.39, 0.29) is 29.8 Å². The number of hydrogen-bond donors (Lipinski definition) is 2. The summed E-state index contributed by atoms with van der Waals surface area (Å²) in [6, 6.07) is 8.11. The third-order valence-electron chi connectivity index (χ3n) is 5.18. The Morgan fingerprint density at radius 1 is 1.35 bits per heavy atom. The number of benzene rings is 1. The van der Waals surface area contributed by atoms with Crippen LogP contribution in [0.3, 0.4) is 0 Å². The van der Waals surface area contributed by atoms with Gasteiger partial charge in [-0.15, -0.1) is 12.4 Å². The second-order valence-electron chi connectivity index (χ2n) is 6.92. The molecule has 1 aliphatic carbocycles. The van der Waals surface area contributed by atoms with Gasteiger partial charge in [0.05, 0.1) is 12.5 Å². The fraction of sp³-hybridized carbons (Fsp3) is 0.611. The predicted octanol–water partition coefficient (Wildman–Crippen LogP) is 3.00. The van der Waals surface area contributed by atoms with Crippen molar-refractivity contribution >= 4 is 18.3 Å². The second kappa shape index (κ2) is 7.54. The number of para-hydroxylation sites is 1.